The second-order valence-electron chi connectivity index (χ2n) is 9.48. The van der Waals surface area contributed by atoms with Gasteiger partial charge in [-0.05, 0) is 19.3 Å². The molecule has 0 fully saturated rings. The van der Waals surface area contributed by atoms with Crippen LogP contribution in [0.3, 0.4) is 0 Å². The van der Waals surface area contributed by atoms with Crippen molar-refractivity contribution in [3.8, 4) is 0 Å². The summed E-state index contributed by atoms with van der Waals surface area (Å²) in [7, 11) is -4.68. The second kappa shape index (κ2) is 25.3. The number of phosphoric ester groups is 1. The van der Waals surface area contributed by atoms with Gasteiger partial charge in [0.2, 0.25) is 5.91 Å². The monoisotopic (exact) mass is 553 g/mol. The Labute approximate surface area is 223 Å². The standard InChI is InChI=1S/C26H52NO9P/c1-3-4-5-6-7-9-12-15-18-26(29)36-25(22-35-37(30,31)32)21-34-23-33-20-17-14-11-8-10-13-16-19-27-24(2)28/h25H,3-23H2,1-2H3,(H,27,28)(H2,30,31,32)/t25-/m1/s1. The zero-order valence-electron chi connectivity index (χ0n) is 23.1. The minimum absolute atomic E-state index is 0.00510. The SMILES string of the molecule is CCCCCCCCCCC(=O)O[C@H](COCOCCCCCCCCCNC(C)=O)COP(=O)(O)O. The van der Waals surface area contributed by atoms with Gasteiger partial charge in [-0.3, -0.25) is 14.1 Å². The maximum atomic E-state index is 12.1. The van der Waals surface area contributed by atoms with Crippen LogP contribution in [0.25, 0.3) is 0 Å². The summed E-state index contributed by atoms with van der Waals surface area (Å²) in [4.78, 5) is 40.8. The van der Waals surface area contributed by atoms with Crippen LogP contribution in [-0.4, -0.2) is 60.9 Å². The fourth-order valence-electron chi connectivity index (χ4n) is 3.72. The van der Waals surface area contributed by atoms with Crippen LogP contribution in [0.15, 0.2) is 0 Å². The van der Waals surface area contributed by atoms with Crippen molar-refractivity contribution in [3.63, 3.8) is 0 Å². The molecule has 11 heteroatoms. The lowest BCUT2D eigenvalue weighted by molar-refractivity contribution is -0.158. The molecule has 0 rings (SSSR count). The number of carbonyl (C=O) groups is 2. The minimum Gasteiger partial charge on any atom is -0.457 e. The smallest absolute Gasteiger partial charge is 0.457 e. The van der Waals surface area contributed by atoms with Crippen molar-refractivity contribution < 1.29 is 42.7 Å². The van der Waals surface area contributed by atoms with Gasteiger partial charge in [-0.1, -0.05) is 84.0 Å². The molecule has 1 amide bonds. The van der Waals surface area contributed by atoms with E-state index in [1.165, 1.54) is 39.0 Å². The Bertz CT molecular complexity index is 601. The number of esters is 1. The van der Waals surface area contributed by atoms with Crippen molar-refractivity contribution in [3.05, 3.63) is 0 Å². The maximum absolute atomic E-state index is 12.1. The van der Waals surface area contributed by atoms with E-state index in [0.717, 1.165) is 70.8 Å². The number of phosphoric acid groups is 1. The number of ether oxygens (including phenoxy) is 3. The van der Waals surface area contributed by atoms with Gasteiger partial charge in [0, 0.05) is 26.5 Å². The molecule has 0 spiro atoms. The van der Waals surface area contributed by atoms with Gasteiger partial charge in [-0.2, -0.15) is 0 Å². The summed E-state index contributed by atoms with van der Waals surface area (Å²) >= 11 is 0. The number of unbranched alkanes of at least 4 members (excludes halogenated alkanes) is 13. The normalized spacial score (nSPS) is 12.4. The highest BCUT2D eigenvalue weighted by molar-refractivity contribution is 7.46. The molecule has 37 heavy (non-hydrogen) atoms. The van der Waals surface area contributed by atoms with E-state index in [-0.39, 0.29) is 25.7 Å². The zero-order valence-corrected chi connectivity index (χ0v) is 24.0. The Morgan fingerprint density at radius 1 is 0.784 bits per heavy atom. The molecule has 0 aliphatic carbocycles. The van der Waals surface area contributed by atoms with E-state index in [9.17, 15) is 14.2 Å². The molecule has 0 radical (unpaired) electrons. The topological polar surface area (TPSA) is 141 Å². The van der Waals surface area contributed by atoms with Crippen molar-refractivity contribution >= 4 is 19.7 Å². The summed E-state index contributed by atoms with van der Waals surface area (Å²) in [6.07, 6.45) is 15.8. The second-order valence-corrected chi connectivity index (χ2v) is 10.7. The fraction of sp³-hybridized carbons (Fsp3) is 0.923. The van der Waals surface area contributed by atoms with Crippen LogP contribution in [0.1, 0.15) is 117 Å². The summed E-state index contributed by atoms with van der Waals surface area (Å²) in [5, 5.41) is 2.80. The lowest BCUT2D eigenvalue weighted by Gasteiger charge is -2.18. The summed E-state index contributed by atoms with van der Waals surface area (Å²) in [6, 6.07) is 0. The highest BCUT2D eigenvalue weighted by Crippen LogP contribution is 2.35. The van der Waals surface area contributed by atoms with Gasteiger partial charge in [0.05, 0.1) is 13.2 Å². The molecule has 0 aliphatic rings. The first-order valence-corrected chi connectivity index (χ1v) is 15.6. The Hall–Kier alpha value is -1.03. The molecule has 1 atom stereocenters. The number of hydrogen-bond acceptors (Lipinski definition) is 7. The van der Waals surface area contributed by atoms with Crippen molar-refractivity contribution in [2.24, 2.45) is 0 Å². The van der Waals surface area contributed by atoms with Crippen molar-refractivity contribution in [2.75, 3.05) is 33.2 Å². The van der Waals surface area contributed by atoms with Crippen molar-refractivity contribution in [2.45, 2.75) is 123 Å². The van der Waals surface area contributed by atoms with E-state index < -0.39 is 26.5 Å². The quantitative estimate of drug-likeness (QED) is 0.0528. The van der Waals surface area contributed by atoms with Crippen LogP contribution >= 0.6 is 7.82 Å². The molecule has 0 unspecified atom stereocenters. The molecule has 220 valence electrons. The summed E-state index contributed by atoms with van der Waals surface area (Å²) < 4.78 is 31.7. The molecule has 0 heterocycles. The number of amides is 1. The molecule has 10 nitrogen and oxygen atoms in total. The zero-order chi connectivity index (χ0) is 27.6. The van der Waals surface area contributed by atoms with Gasteiger partial charge < -0.3 is 29.3 Å². The van der Waals surface area contributed by atoms with Crippen LogP contribution in [0.4, 0.5) is 0 Å². The van der Waals surface area contributed by atoms with Crippen LogP contribution in [0.2, 0.25) is 0 Å². The summed E-state index contributed by atoms with van der Waals surface area (Å²) in [5.41, 5.74) is 0. The van der Waals surface area contributed by atoms with E-state index in [2.05, 4.69) is 16.8 Å². The molecule has 0 aromatic heterocycles. The molecular weight excluding hydrogens is 501 g/mol. The van der Waals surface area contributed by atoms with E-state index in [1.54, 1.807) is 0 Å². The molecule has 0 bridgehead atoms. The van der Waals surface area contributed by atoms with Crippen molar-refractivity contribution in [1.82, 2.24) is 5.32 Å². The van der Waals surface area contributed by atoms with Crippen LogP contribution < -0.4 is 5.32 Å². The van der Waals surface area contributed by atoms with E-state index in [1.807, 2.05) is 0 Å². The Morgan fingerprint density at radius 3 is 1.95 bits per heavy atom. The van der Waals surface area contributed by atoms with E-state index in [4.69, 9.17) is 24.0 Å². The number of rotatable bonds is 27. The summed E-state index contributed by atoms with van der Waals surface area (Å²) in [5.74, 6) is -0.408. The maximum Gasteiger partial charge on any atom is 0.469 e. The predicted molar refractivity (Wildman–Crippen MR) is 143 cm³/mol. The average Bonchev–Trinajstić information content (AvgIpc) is 2.83. The molecule has 0 saturated heterocycles. The lowest BCUT2D eigenvalue weighted by atomic mass is 10.1. The Balaban J connectivity index is 3.86. The Morgan fingerprint density at radius 2 is 1.35 bits per heavy atom. The van der Waals surface area contributed by atoms with Gasteiger partial charge in [-0.15, -0.1) is 0 Å². The third-order valence-corrected chi connectivity index (χ3v) is 6.26. The van der Waals surface area contributed by atoms with Gasteiger partial charge >= 0.3 is 13.8 Å². The van der Waals surface area contributed by atoms with Gasteiger partial charge in [0.15, 0.2) is 0 Å². The first-order chi connectivity index (χ1) is 17.7. The van der Waals surface area contributed by atoms with Gasteiger partial charge in [-0.25, -0.2) is 4.57 Å². The predicted octanol–water partition coefficient (Wildman–Crippen LogP) is 5.40. The molecule has 0 aromatic rings. The van der Waals surface area contributed by atoms with Gasteiger partial charge in [0.1, 0.15) is 12.9 Å². The van der Waals surface area contributed by atoms with Gasteiger partial charge in [0.25, 0.3) is 0 Å². The Kier molecular flexibility index (Phi) is 24.6. The minimum atomic E-state index is -4.68. The molecule has 0 saturated carbocycles. The van der Waals surface area contributed by atoms with E-state index >= 15 is 0 Å². The fourth-order valence-corrected chi connectivity index (χ4v) is 4.08. The van der Waals surface area contributed by atoms with E-state index in [0.29, 0.717) is 6.61 Å². The molecule has 0 aromatic carbocycles. The average molecular weight is 554 g/mol. The molecule has 0 aliphatic heterocycles. The first-order valence-electron chi connectivity index (χ1n) is 14.0. The third-order valence-electron chi connectivity index (χ3n) is 5.77. The highest BCUT2D eigenvalue weighted by Gasteiger charge is 2.21. The number of carbonyl (C=O) groups excluding carboxylic acids is 2. The van der Waals surface area contributed by atoms with Crippen LogP contribution in [0, 0.1) is 0 Å². The number of hydrogen-bond donors (Lipinski definition) is 3. The summed E-state index contributed by atoms with van der Waals surface area (Å²) in [6.45, 7) is 4.50. The van der Waals surface area contributed by atoms with Crippen molar-refractivity contribution in [1.29, 1.82) is 0 Å². The molecular formula is C26H52NO9P. The number of nitrogens with one attached hydrogen (secondary N) is 1. The largest absolute Gasteiger partial charge is 0.469 e. The molecule has 3 N–H and O–H groups in total. The third kappa shape index (κ3) is 29.4. The van der Waals surface area contributed by atoms with Crippen LogP contribution in [-0.2, 0) is 32.9 Å². The van der Waals surface area contributed by atoms with Crippen LogP contribution in [0.5, 0.6) is 0 Å². The lowest BCUT2D eigenvalue weighted by Crippen LogP contribution is -2.28. The first kappa shape index (κ1) is 36.0. The highest BCUT2D eigenvalue weighted by atomic mass is 31.2.